The molecule has 0 aromatic heterocycles. The van der Waals surface area contributed by atoms with Crippen molar-refractivity contribution in [3.8, 4) is 11.1 Å². The Kier molecular flexibility index (Phi) is 7.20. The van der Waals surface area contributed by atoms with Gasteiger partial charge in [0.25, 0.3) is 0 Å². The van der Waals surface area contributed by atoms with Crippen LogP contribution in [0.2, 0.25) is 5.02 Å². The lowest BCUT2D eigenvalue weighted by molar-refractivity contribution is 0.154. The Morgan fingerprint density at radius 2 is 1.43 bits per heavy atom. The highest BCUT2D eigenvalue weighted by atomic mass is 35.5. The molecule has 21 heavy (non-hydrogen) atoms. The molecule has 0 radical (unpaired) electrons. The van der Waals surface area contributed by atoms with E-state index in [1.54, 1.807) is 0 Å². The van der Waals surface area contributed by atoms with Gasteiger partial charge in [0, 0.05) is 11.6 Å². The number of halogens is 2. The number of aliphatic hydroxyl groups is 1. The van der Waals surface area contributed by atoms with E-state index in [0.717, 1.165) is 34.7 Å². The van der Waals surface area contributed by atoms with E-state index in [1.165, 1.54) is 0 Å². The molecule has 0 amide bonds. The van der Waals surface area contributed by atoms with E-state index in [2.05, 4.69) is 4.90 Å². The van der Waals surface area contributed by atoms with Crippen LogP contribution < -0.4 is 0 Å². The molecule has 1 unspecified atom stereocenters. The van der Waals surface area contributed by atoms with Crippen molar-refractivity contribution in [3.63, 3.8) is 0 Å². The summed E-state index contributed by atoms with van der Waals surface area (Å²) in [5.74, 6) is 0. The zero-order valence-electron chi connectivity index (χ0n) is 12.3. The van der Waals surface area contributed by atoms with E-state index in [9.17, 15) is 5.11 Å². The number of rotatable bonds is 5. The number of hydrogen-bond acceptors (Lipinski definition) is 2. The fraction of sp³-hybridized carbons (Fsp3) is 0.294. The predicted molar refractivity (Wildman–Crippen MR) is 92.3 cm³/mol. The van der Waals surface area contributed by atoms with Crippen LogP contribution in [0.15, 0.2) is 48.5 Å². The smallest absolute Gasteiger partial charge is 0.0802 e. The maximum Gasteiger partial charge on any atom is 0.0802 e. The Morgan fingerprint density at radius 3 is 1.90 bits per heavy atom. The van der Waals surface area contributed by atoms with Gasteiger partial charge in [0.05, 0.1) is 6.10 Å². The second-order valence-electron chi connectivity index (χ2n) is 5.24. The zero-order chi connectivity index (χ0) is 14.5. The monoisotopic (exact) mass is 325 g/mol. The summed E-state index contributed by atoms with van der Waals surface area (Å²) < 4.78 is 0. The van der Waals surface area contributed by atoms with Crippen LogP contribution in [0.1, 0.15) is 18.1 Å². The van der Waals surface area contributed by atoms with E-state index >= 15 is 0 Å². The summed E-state index contributed by atoms with van der Waals surface area (Å²) in [4.78, 5) is 2.07. The quantitative estimate of drug-likeness (QED) is 0.879. The standard InChI is InChI=1S/C17H20ClNO.ClH/c1-19(2)12-11-17(20)15-5-3-13(4-6-15)14-7-9-16(18)10-8-14;/h3-10,17,20H,11-12H2,1-2H3;1H. The van der Waals surface area contributed by atoms with Crippen molar-refractivity contribution >= 4 is 24.0 Å². The minimum Gasteiger partial charge on any atom is -0.388 e. The van der Waals surface area contributed by atoms with Gasteiger partial charge in [0.2, 0.25) is 0 Å². The predicted octanol–water partition coefficient (Wildman–Crippen LogP) is 4.41. The molecule has 0 saturated carbocycles. The van der Waals surface area contributed by atoms with Crippen molar-refractivity contribution in [2.75, 3.05) is 20.6 Å². The molecule has 0 aliphatic heterocycles. The summed E-state index contributed by atoms with van der Waals surface area (Å²) in [5.41, 5.74) is 3.22. The number of nitrogens with zero attached hydrogens (tertiary/aromatic N) is 1. The van der Waals surface area contributed by atoms with Crippen molar-refractivity contribution in [2.45, 2.75) is 12.5 Å². The van der Waals surface area contributed by atoms with Gasteiger partial charge in [-0.3, -0.25) is 0 Å². The second-order valence-corrected chi connectivity index (χ2v) is 5.67. The van der Waals surface area contributed by atoms with Crippen LogP contribution >= 0.6 is 24.0 Å². The average Bonchev–Trinajstić information content (AvgIpc) is 2.46. The molecule has 0 aliphatic carbocycles. The van der Waals surface area contributed by atoms with Crippen LogP contribution in [0.4, 0.5) is 0 Å². The molecule has 0 spiro atoms. The fourth-order valence-corrected chi connectivity index (χ4v) is 2.21. The molecule has 0 fully saturated rings. The Morgan fingerprint density at radius 1 is 0.952 bits per heavy atom. The molecule has 114 valence electrons. The van der Waals surface area contributed by atoms with E-state index in [-0.39, 0.29) is 12.4 Å². The van der Waals surface area contributed by atoms with E-state index in [1.807, 2.05) is 62.6 Å². The Labute approximate surface area is 137 Å². The van der Waals surface area contributed by atoms with Crippen molar-refractivity contribution in [3.05, 3.63) is 59.1 Å². The summed E-state index contributed by atoms with van der Waals surface area (Å²) in [6, 6.07) is 15.8. The molecular formula is C17H21Cl2NO. The second kappa shape index (κ2) is 8.40. The number of benzene rings is 2. The molecule has 2 aromatic carbocycles. The minimum atomic E-state index is -0.406. The normalized spacial score (nSPS) is 12.0. The van der Waals surface area contributed by atoms with Gasteiger partial charge >= 0.3 is 0 Å². The summed E-state index contributed by atoms with van der Waals surface area (Å²) in [6.07, 6.45) is 0.337. The first kappa shape index (κ1) is 18.0. The van der Waals surface area contributed by atoms with Crippen molar-refractivity contribution in [1.29, 1.82) is 0 Å². The van der Waals surface area contributed by atoms with Gasteiger partial charge in [-0.1, -0.05) is 48.0 Å². The van der Waals surface area contributed by atoms with Gasteiger partial charge in [-0.25, -0.2) is 0 Å². The first-order valence-corrected chi connectivity index (χ1v) is 7.13. The largest absolute Gasteiger partial charge is 0.388 e. The van der Waals surface area contributed by atoms with Crippen molar-refractivity contribution in [2.24, 2.45) is 0 Å². The van der Waals surface area contributed by atoms with Gasteiger partial charge in [-0.2, -0.15) is 0 Å². The first-order valence-electron chi connectivity index (χ1n) is 6.75. The van der Waals surface area contributed by atoms with Crippen LogP contribution in [0, 0.1) is 0 Å². The van der Waals surface area contributed by atoms with E-state index in [0.29, 0.717) is 0 Å². The molecule has 0 aliphatic rings. The van der Waals surface area contributed by atoms with Crippen LogP contribution in [-0.2, 0) is 0 Å². The molecule has 0 saturated heterocycles. The summed E-state index contributed by atoms with van der Waals surface area (Å²) >= 11 is 5.89. The Balaban J connectivity index is 0.00000220. The average molecular weight is 326 g/mol. The van der Waals surface area contributed by atoms with Crippen LogP contribution in [0.3, 0.4) is 0 Å². The minimum absolute atomic E-state index is 0. The third kappa shape index (κ3) is 5.33. The fourth-order valence-electron chi connectivity index (χ4n) is 2.09. The lowest BCUT2D eigenvalue weighted by Crippen LogP contribution is -2.15. The molecule has 2 aromatic rings. The van der Waals surface area contributed by atoms with Crippen LogP contribution in [0.5, 0.6) is 0 Å². The third-order valence-electron chi connectivity index (χ3n) is 3.32. The van der Waals surface area contributed by atoms with Crippen LogP contribution in [0.25, 0.3) is 11.1 Å². The van der Waals surface area contributed by atoms with E-state index in [4.69, 9.17) is 11.6 Å². The number of aliphatic hydroxyl groups excluding tert-OH is 1. The van der Waals surface area contributed by atoms with Gasteiger partial charge in [-0.05, 0) is 49.3 Å². The van der Waals surface area contributed by atoms with Gasteiger partial charge < -0.3 is 10.0 Å². The van der Waals surface area contributed by atoms with Crippen LogP contribution in [-0.4, -0.2) is 30.6 Å². The topological polar surface area (TPSA) is 23.5 Å². The molecule has 0 heterocycles. The number of hydrogen-bond donors (Lipinski definition) is 1. The van der Waals surface area contributed by atoms with Crippen molar-refractivity contribution < 1.29 is 5.11 Å². The van der Waals surface area contributed by atoms with Gasteiger partial charge in [0.1, 0.15) is 0 Å². The highest BCUT2D eigenvalue weighted by molar-refractivity contribution is 6.30. The van der Waals surface area contributed by atoms with Crippen molar-refractivity contribution in [1.82, 2.24) is 4.90 Å². The molecule has 0 bridgehead atoms. The highest BCUT2D eigenvalue weighted by Crippen LogP contribution is 2.24. The summed E-state index contributed by atoms with van der Waals surface area (Å²) in [5, 5.41) is 10.9. The molecule has 1 N–H and O–H groups in total. The summed E-state index contributed by atoms with van der Waals surface area (Å²) in [7, 11) is 4.02. The molecular weight excluding hydrogens is 305 g/mol. The SMILES string of the molecule is CN(C)CCC(O)c1ccc(-c2ccc(Cl)cc2)cc1.Cl. The maximum absolute atomic E-state index is 10.1. The van der Waals surface area contributed by atoms with Gasteiger partial charge in [-0.15, -0.1) is 12.4 Å². The molecule has 2 nitrogen and oxygen atoms in total. The summed E-state index contributed by atoms with van der Waals surface area (Å²) in [6.45, 7) is 0.875. The first-order chi connectivity index (χ1) is 9.56. The molecule has 1 atom stereocenters. The zero-order valence-corrected chi connectivity index (χ0v) is 13.9. The Bertz CT molecular complexity index is 538. The van der Waals surface area contributed by atoms with Gasteiger partial charge in [0.15, 0.2) is 0 Å². The highest BCUT2D eigenvalue weighted by Gasteiger charge is 2.08. The molecule has 2 rings (SSSR count). The maximum atomic E-state index is 10.1. The third-order valence-corrected chi connectivity index (χ3v) is 3.57. The van der Waals surface area contributed by atoms with E-state index < -0.39 is 6.10 Å². The lowest BCUT2D eigenvalue weighted by atomic mass is 10.0. The Hall–Kier alpha value is -1.06. The lowest BCUT2D eigenvalue weighted by Gasteiger charge is -2.15. The molecule has 4 heteroatoms.